The molecule has 0 aromatic rings. The maximum Gasteiger partial charge on any atom is 0.0105 e. The van der Waals surface area contributed by atoms with Crippen LogP contribution in [0.4, 0.5) is 0 Å². The van der Waals surface area contributed by atoms with Crippen molar-refractivity contribution in [3.63, 3.8) is 0 Å². The molecule has 1 saturated carbocycles. The predicted molar refractivity (Wildman–Crippen MR) is 85.5 cm³/mol. The molecule has 3 unspecified atom stereocenters. The van der Waals surface area contributed by atoms with Gasteiger partial charge in [-0.1, -0.05) is 20.8 Å². The molecule has 0 aromatic carbocycles. The minimum atomic E-state index is 0.678. The van der Waals surface area contributed by atoms with Crippen LogP contribution in [0.5, 0.6) is 0 Å². The molecule has 1 rings (SSSR count). The first-order valence-electron chi connectivity index (χ1n) is 8.40. The van der Waals surface area contributed by atoms with Gasteiger partial charge in [0.1, 0.15) is 0 Å². The molecule has 19 heavy (non-hydrogen) atoms. The second-order valence-corrected chi connectivity index (χ2v) is 7.06. The normalized spacial score (nSPS) is 28.6. The summed E-state index contributed by atoms with van der Waals surface area (Å²) in [6.07, 6.45) is 5.45. The second-order valence-electron chi connectivity index (χ2n) is 7.06. The molecule has 114 valence electrons. The topological polar surface area (TPSA) is 15.3 Å². The standard InChI is InChI=1S/C17H36N2/c1-7-10-19(14(4)5)12-16-11-15(13(2)3)8-9-17(16)18-6/h13-18H,7-12H2,1-6H3. The van der Waals surface area contributed by atoms with Crippen LogP contribution in [0, 0.1) is 17.8 Å². The van der Waals surface area contributed by atoms with Crippen LogP contribution in [0.25, 0.3) is 0 Å². The van der Waals surface area contributed by atoms with Crippen LogP contribution in [-0.2, 0) is 0 Å². The maximum atomic E-state index is 3.57. The van der Waals surface area contributed by atoms with Crippen molar-refractivity contribution >= 4 is 0 Å². The van der Waals surface area contributed by atoms with E-state index in [0.29, 0.717) is 6.04 Å². The molecule has 1 N–H and O–H groups in total. The van der Waals surface area contributed by atoms with Gasteiger partial charge in [0.25, 0.3) is 0 Å². The lowest BCUT2D eigenvalue weighted by Gasteiger charge is -2.41. The van der Waals surface area contributed by atoms with Crippen LogP contribution >= 0.6 is 0 Å². The summed E-state index contributed by atoms with van der Waals surface area (Å²) in [5, 5.41) is 3.57. The van der Waals surface area contributed by atoms with E-state index < -0.39 is 0 Å². The van der Waals surface area contributed by atoms with E-state index in [4.69, 9.17) is 0 Å². The van der Waals surface area contributed by atoms with Gasteiger partial charge in [-0.15, -0.1) is 0 Å². The molecular weight excluding hydrogens is 232 g/mol. The average molecular weight is 268 g/mol. The Hall–Kier alpha value is -0.0800. The zero-order chi connectivity index (χ0) is 14.4. The van der Waals surface area contributed by atoms with E-state index in [9.17, 15) is 0 Å². The SMILES string of the molecule is CCCN(CC1CC(C(C)C)CCC1NC)C(C)C. The van der Waals surface area contributed by atoms with Gasteiger partial charge in [0, 0.05) is 18.6 Å². The molecule has 1 fully saturated rings. The Balaban J connectivity index is 2.63. The molecule has 0 aliphatic heterocycles. The highest BCUT2D eigenvalue weighted by Crippen LogP contribution is 2.34. The first kappa shape index (κ1) is 17.0. The molecule has 2 heteroatoms. The van der Waals surface area contributed by atoms with Gasteiger partial charge in [0.15, 0.2) is 0 Å². The lowest BCUT2D eigenvalue weighted by molar-refractivity contribution is 0.109. The number of rotatable bonds is 7. The molecular formula is C17H36N2. The van der Waals surface area contributed by atoms with Crippen molar-refractivity contribution in [2.45, 2.75) is 72.4 Å². The molecule has 1 aliphatic rings. The minimum Gasteiger partial charge on any atom is -0.317 e. The van der Waals surface area contributed by atoms with E-state index in [1.807, 2.05) is 0 Å². The highest BCUT2D eigenvalue weighted by molar-refractivity contribution is 4.87. The summed E-state index contributed by atoms with van der Waals surface area (Å²) in [7, 11) is 2.15. The largest absolute Gasteiger partial charge is 0.317 e. The Morgan fingerprint density at radius 3 is 2.32 bits per heavy atom. The molecule has 0 bridgehead atoms. The number of hydrogen-bond acceptors (Lipinski definition) is 2. The quantitative estimate of drug-likeness (QED) is 0.756. The monoisotopic (exact) mass is 268 g/mol. The van der Waals surface area contributed by atoms with Crippen molar-refractivity contribution in [3.8, 4) is 0 Å². The Labute approximate surface area is 121 Å². The fraction of sp³-hybridized carbons (Fsp3) is 1.00. The first-order valence-corrected chi connectivity index (χ1v) is 8.40. The summed E-state index contributed by atoms with van der Waals surface area (Å²) < 4.78 is 0. The summed E-state index contributed by atoms with van der Waals surface area (Å²) >= 11 is 0. The van der Waals surface area contributed by atoms with Crippen molar-refractivity contribution in [1.82, 2.24) is 10.2 Å². The van der Waals surface area contributed by atoms with Gasteiger partial charge >= 0.3 is 0 Å². The Morgan fingerprint density at radius 1 is 1.16 bits per heavy atom. The van der Waals surface area contributed by atoms with Crippen molar-refractivity contribution in [1.29, 1.82) is 0 Å². The molecule has 0 amide bonds. The van der Waals surface area contributed by atoms with Crippen LogP contribution in [0.3, 0.4) is 0 Å². The molecule has 2 nitrogen and oxygen atoms in total. The van der Waals surface area contributed by atoms with Gasteiger partial charge < -0.3 is 10.2 Å². The molecule has 0 saturated heterocycles. The van der Waals surface area contributed by atoms with Crippen molar-refractivity contribution in [2.75, 3.05) is 20.1 Å². The fourth-order valence-corrected chi connectivity index (χ4v) is 3.64. The van der Waals surface area contributed by atoms with Gasteiger partial charge in [0.2, 0.25) is 0 Å². The number of nitrogens with one attached hydrogen (secondary N) is 1. The molecule has 0 radical (unpaired) electrons. The smallest absolute Gasteiger partial charge is 0.0105 e. The van der Waals surface area contributed by atoms with E-state index in [1.54, 1.807) is 0 Å². The van der Waals surface area contributed by atoms with Gasteiger partial charge in [0.05, 0.1) is 0 Å². The van der Waals surface area contributed by atoms with Gasteiger partial charge in [-0.3, -0.25) is 0 Å². The zero-order valence-corrected chi connectivity index (χ0v) is 14.1. The Kier molecular flexibility index (Phi) is 7.38. The third kappa shape index (κ3) is 5.07. The van der Waals surface area contributed by atoms with Gasteiger partial charge in [-0.25, -0.2) is 0 Å². The first-order chi connectivity index (χ1) is 8.99. The number of nitrogens with zero attached hydrogens (tertiary/aromatic N) is 1. The van der Waals surface area contributed by atoms with E-state index in [2.05, 4.69) is 51.9 Å². The highest BCUT2D eigenvalue weighted by atomic mass is 15.1. The Bertz CT molecular complexity index is 237. The predicted octanol–water partition coefficient (Wildman–Crippen LogP) is 3.77. The van der Waals surface area contributed by atoms with Crippen LogP contribution in [-0.4, -0.2) is 37.1 Å². The van der Waals surface area contributed by atoms with Crippen molar-refractivity contribution < 1.29 is 0 Å². The summed E-state index contributed by atoms with van der Waals surface area (Å²) in [5.41, 5.74) is 0. The molecule has 3 atom stereocenters. The van der Waals surface area contributed by atoms with E-state index in [1.165, 1.54) is 38.8 Å². The molecule has 0 aromatic heterocycles. The molecule has 1 aliphatic carbocycles. The lowest BCUT2D eigenvalue weighted by atomic mass is 9.73. The molecule has 0 heterocycles. The highest BCUT2D eigenvalue weighted by Gasteiger charge is 2.32. The Morgan fingerprint density at radius 2 is 1.84 bits per heavy atom. The van der Waals surface area contributed by atoms with Gasteiger partial charge in [-0.2, -0.15) is 0 Å². The summed E-state index contributed by atoms with van der Waals surface area (Å²) in [6, 6.07) is 1.41. The van der Waals surface area contributed by atoms with E-state index in [0.717, 1.165) is 23.8 Å². The summed E-state index contributed by atoms with van der Waals surface area (Å²) in [5.74, 6) is 2.62. The van der Waals surface area contributed by atoms with Crippen molar-refractivity contribution in [3.05, 3.63) is 0 Å². The third-order valence-corrected chi connectivity index (χ3v) is 5.05. The van der Waals surface area contributed by atoms with Crippen LogP contribution in [0.15, 0.2) is 0 Å². The van der Waals surface area contributed by atoms with Crippen LogP contribution in [0.2, 0.25) is 0 Å². The minimum absolute atomic E-state index is 0.678. The lowest BCUT2D eigenvalue weighted by Crippen LogP contribution is -2.47. The third-order valence-electron chi connectivity index (χ3n) is 5.05. The van der Waals surface area contributed by atoms with E-state index >= 15 is 0 Å². The van der Waals surface area contributed by atoms with Crippen molar-refractivity contribution in [2.24, 2.45) is 17.8 Å². The summed E-state index contributed by atoms with van der Waals surface area (Å²) in [6.45, 7) is 14.3. The van der Waals surface area contributed by atoms with Gasteiger partial charge in [-0.05, 0) is 70.9 Å². The average Bonchev–Trinajstić information content (AvgIpc) is 2.37. The summed E-state index contributed by atoms with van der Waals surface area (Å²) in [4.78, 5) is 2.68. The maximum absolute atomic E-state index is 3.57. The zero-order valence-electron chi connectivity index (χ0n) is 14.1. The van der Waals surface area contributed by atoms with Crippen LogP contribution < -0.4 is 5.32 Å². The second kappa shape index (κ2) is 8.26. The number of hydrogen-bond donors (Lipinski definition) is 1. The van der Waals surface area contributed by atoms with Crippen LogP contribution in [0.1, 0.15) is 60.3 Å². The molecule has 0 spiro atoms. The fourth-order valence-electron chi connectivity index (χ4n) is 3.64. The van der Waals surface area contributed by atoms with E-state index in [-0.39, 0.29) is 0 Å².